The molecule has 0 saturated carbocycles. The molecular weight excluding hydrogens is 152 g/mol. The fourth-order valence-corrected chi connectivity index (χ4v) is 1.43. The van der Waals surface area contributed by atoms with Crippen LogP contribution < -0.4 is 21.7 Å². The van der Waals surface area contributed by atoms with E-state index in [4.69, 9.17) is 5.73 Å². The Morgan fingerprint density at radius 2 is 2.08 bits per heavy atom. The first-order chi connectivity index (χ1) is 5.93. The summed E-state index contributed by atoms with van der Waals surface area (Å²) in [6, 6.07) is 0.691. The second-order valence-electron chi connectivity index (χ2n) is 3.19. The zero-order valence-corrected chi connectivity index (χ0v) is 7.60. The highest BCUT2D eigenvalue weighted by molar-refractivity contribution is 4.73. The molecular formula is C8H20N4. The van der Waals surface area contributed by atoms with E-state index >= 15 is 0 Å². The van der Waals surface area contributed by atoms with E-state index < -0.39 is 0 Å². The predicted molar refractivity (Wildman–Crippen MR) is 51.0 cm³/mol. The Kier molecular flexibility index (Phi) is 5.27. The minimum absolute atomic E-state index is 0.691. The van der Waals surface area contributed by atoms with E-state index in [9.17, 15) is 0 Å². The van der Waals surface area contributed by atoms with Gasteiger partial charge in [-0.1, -0.05) is 0 Å². The van der Waals surface area contributed by atoms with Gasteiger partial charge < -0.3 is 21.7 Å². The maximum absolute atomic E-state index is 5.35. The smallest absolute Gasteiger partial charge is 0.0456 e. The number of hydrogen-bond acceptors (Lipinski definition) is 4. The molecule has 0 aromatic carbocycles. The van der Waals surface area contributed by atoms with Crippen LogP contribution in [0.15, 0.2) is 0 Å². The van der Waals surface area contributed by atoms with E-state index in [1.165, 1.54) is 12.8 Å². The molecule has 0 bridgehead atoms. The van der Waals surface area contributed by atoms with Gasteiger partial charge in [0.15, 0.2) is 0 Å². The average Bonchev–Trinajstić information content (AvgIpc) is 2.14. The molecule has 1 fully saturated rings. The molecule has 1 heterocycles. The largest absolute Gasteiger partial charge is 0.329 e. The summed E-state index contributed by atoms with van der Waals surface area (Å²) >= 11 is 0. The Bertz CT molecular complexity index is 101. The van der Waals surface area contributed by atoms with Crippen molar-refractivity contribution in [2.75, 3.05) is 32.8 Å². The van der Waals surface area contributed by atoms with E-state index in [0.717, 1.165) is 26.3 Å². The first-order valence-electron chi connectivity index (χ1n) is 4.78. The Morgan fingerprint density at radius 1 is 1.33 bits per heavy atom. The van der Waals surface area contributed by atoms with Crippen LogP contribution >= 0.6 is 0 Å². The molecule has 1 aliphatic rings. The summed E-state index contributed by atoms with van der Waals surface area (Å²) in [6.07, 6.45) is 2.48. The van der Waals surface area contributed by atoms with Crippen molar-refractivity contribution in [3.8, 4) is 0 Å². The summed E-state index contributed by atoms with van der Waals surface area (Å²) in [4.78, 5) is 0. The van der Waals surface area contributed by atoms with Crippen molar-refractivity contribution in [3.63, 3.8) is 0 Å². The molecule has 0 aromatic rings. The Balaban J connectivity index is 1.91. The van der Waals surface area contributed by atoms with E-state index in [1.54, 1.807) is 0 Å². The lowest BCUT2D eigenvalue weighted by Crippen LogP contribution is -2.44. The summed E-state index contributed by atoms with van der Waals surface area (Å²) in [7, 11) is 0. The van der Waals surface area contributed by atoms with Gasteiger partial charge in [-0.05, 0) is 25.9 Å². The molecule has 4 nitrogen and oxygen atoms in total. The number of nitrogens with one attached hydrogen (secondary N) is 3. The van der Waals surface area contributed by atoms with E-state index in [1.807, 2.05) is 0 Å². The molecule has 72 valence electrons. The molecule has 1 rings (SSSR count). The third-order valence-corrected chi connectivity index (χ3v) is 2.18. The molecule has 5 N–H and O–H groups in total. The molecule has 4 heteroatoms. The molecule has 12 heavy (non-hydrogen) atoms. The van der Waals surface area contributed by atoms with Crippen molar-refractivity contribution in [2.24, 2.45) is 5.73 Å². The maximum Gasteiger partial charge on any atom is 0.0456 e. The molecule has 0 aliphatic carbocycles. The first kappa shape index (κ1) is 9.92. The monoisotopic (exact) mass is 172 g/mol. The highest BCUT2D eigenvalue weighted by Gasteiger charge is 2.10. The number of piperidine rings is 1. The van der Waals surface area contributed by atoms with Gasteiger partial charge in [0.1, 0.15) is 0 Å². The highest BCUT2D eigenvalue weighted by Crippen LogP contribution is 2.00. The lowest BCUT2D eigenvalue weighted by molar-refractivity contribution is 0.377. The van der Waals surface area contributed by atoms with Crippen LogP contribution in [0.1, 0.15) is 12.8 Å². The summed E-state index contributed by atoms with van der Waals surface area (Å²) in [5.41, 5.74) is 5.35. The second kappa shape index (κ2) is 6.37. The van der Waals surface area contributed by atoms with Crippen LogP contribution in [0.4, 0.5) is 0 Å². The van der Waals surface area contributed by atoms with Crippen LogP contribution in [-0.4, -0.2) is 38.9 Å². The molecule has 0 amide bonds. The quantitative estimate of drug-likeness (QED) is 0.312. The summed E-state index contributed by atoms with van der Waals surface area (Å²) < 4.78 is 0. The first-order valence-corrected chi connectivity index (χ1v) is 4.78. The molecule has 1 aliphatic heterocycles. The molecule has 0 spiro atoms. The van der Waals surface area contributed by atoms with Gasteiger partial charge in [0.2, 0.25) is 0 Å². The van der Waals surface area contributed by atoms with Crippen LogP contribution in [0.25, 0.3) is 0 Å². The van der Waals surface area contributed by atoms with Gasteiger partial charge in [-0.15, -0.1) is 0 Å². The fourth-order valence-electron chi connectivity index (χ4n) is 1.43. The Morgan fingerprint density at radius 3 is 2.75 bits per heavy atom. The third kappa shape index (κ3) is 4.01. The predicted octanol–water partition coefficient (Wildman–Crippen LogP) is -1.17. The molecule has 0 atom stereocenters. The summed E-state index contributed by atoms with van der Waals surface area (Å²) in [6.45, 7) is 4.80. The number of rotatable bonds is 5. The lowest BCUT2D eigenvalue weighted by atomic mass is 10.1. The minimum atomic E-state index is 0.691. The number of nitrogens with two attached hydrogens (primary N) is 1. The molecule has 0 radical (unpaired) electrons. The van der Waals surface area contributed by atoms with Crippen LogP contribution in [-0.2, 0) is 0 Å². The van der Waals surface area contributed by atoms with Crippen molar-refractivity contribution in [1.82, 2.24) is 16.0 Å². The van der Waals surface area contributed by atoms with Crippen LogP contribution in [0, 0.1) is 0 Å². The zero-order chi connectivity index (χ0) is 8.65. The average molecular weight is 172 g/mol. The van der Waals surface area contributed by atoms with Gasteiger partial charge in [0.05, 0.1) is 0 Å². The standard InChI is InChI=1S/C8H20N4/c9-3-6-11-7-12-8-1-4-10-5-2-8/h8,10-12H,1-7,9H2. The summed E-state index contributed by atoms with van der Waals surface area (Å²) in [5, 5.41) is 10.0. The molecule has 0 aromatic heterocycles. The molecule has 0 unspecified atom stereocenters. The van der Waals surface area contributed by atoms with E-state index in [0.29, 0.717) is 12.6 Å². The lowest BCUT2D eigenvalue weighted by Gasteiger charge is -2.23. The van der Waals surface area contributed by atoms with Crippen molar-refractivity contribution in [2.45, 2.75) is 18.9 Å². The Hall–Kier alpha value is -0.160. The minimum Gasteiger partial charge on any atom is -0.329 e. The second-order valence-corrected chi connectivity index (χ2v) is 3.19. The van der Waals surface area contributed by atoms with Gasteiger partial charge in [0, 0.05) is 25.8 Å². The Labute approximate surface area is 74.3 Å². The van der Waals surface area contributed by atoms with Crippen molar-refractivity contribution >= 4 is 0 Å². The number of hydrogen-bond donors (Lipinski definition) is 4. The topological polar surface area (TPSA) is 62.1 Å². The van der Waals surface area contributed by atoms with Crippen molar-refractivity contribution < 1.29 is 0 Å². The van der Waals surface area contributed by atoms with Gasteiger partial charge >= 0.3 is 0 Å². The van der Waals surface area contributed by atoms with Gasteiger partial charge in [0.25, 0.3) is 0 Å². The fraction of sp³-hybridized carbons (Fsp3) is 1.00. The third-order valence-electron chi connectivity index (χ3n) is 2.18. The molecule has 1 saturated heterocycles. The maximum atomic E-state index is 5.35. The van der Waals surface area contributed by atoms with Gasteiger partial charge in [-0.3, -0.25) is 0 Å². The zero-order valence-electron chi connectivity index (χ0n) is 7.60. The SMILES string of the molecule is NCCNCNC1CCNCC1. The van der Waals surface area contributed by atoms with Gasteiger partial charge in [-0.25, -0.2) is 0 Å². The van der Waals surface area contributed by atoms with Crippen molar-refractivity contribution in [3.05, 3.63) is 0 Å². The highest BCUT2D eigenvalue weighted by atomic mass is 15.1. The normalized spacial score (nSPS) is 19.8. The van der Waals surface area contributed by atoms with Crippen LogP contribution in [0.3, 0.4) is 0 Å². The summed E-state index contributed by atoms with van der Waals surface area (Å²) in [5.74, 6) is 0. The van der Waals surface area contributed by atoms with Crippen molar-refractivity contribution in [1.29, 1.82) is 0 Å². The van der Waals surface area contributed by atoms with E-state index in [2.05, 4.69) is 16.0 Å². The van der Waals surface area contributed by atoms with Crippen LogP contribution in [0.5, 0.6) is 0 Å². The van der Waals surface area contributed by atoms with Crippen LogP contribution in [0.2, 0.25) is 0 Å². The van der Waals surface area contributed by atoms with E-state index in [-0.39, 0.29) is 0 Å². The van der Waals surface area contributed by atoms with Gasteiger partial charge in [-0.2, -0.15) is 0 Å².